The fourth-order valence-corrected chi connectivity index (χ4v) is 3.02. The zero-order chi connectivity index (χ0) is 23.2. The predicted molar refractivity (Wildman–Crippen MR) is 117 cm³/mol. The average Bonchev–Trinajstić information content (AvgIpc) is 3.26. The number of carbonyl (C=O) groups excluding carboxylic acids is 2. The first kappa shape index (κ1) is 25.4. The summed E-state index contributed by atoms with van der Waals surface area (Å²) in [5, 5.41) is 27.7. The standard InChI is InChI=1S/C20H34N6O6/c1-2-3-11-31-20(30)25-15(18(28)29)13-24-17(27)16-12-14(26-32-16)7-4-5-8-21-19-22-9-6-10-23-19/h6,9,15-16,19,21-23H,2-5,7-8,10-13H2,1H3,(H,24,27)(H,25,30)(H,28,29). The molecular weight excluding hydrogens is 420 g/mol. The van der Waals surface area contributed by atoms with E-state index in [1.165, 1.54) is 0 Å². The summed E-state index contributed by atoms with van der Waals surface area (Å²) < 4.78 is 4.89. The van der Waals surface area contributed by atoms with E-state index >= 15 is 0 Å². The van der Waals surface area contributed by atoms with Gasteiger partial charge in [-0.2, -0.15) is 0 Å². The molecule has 0 saturated heterocycles. The van der Waals surface area contributed by atoms with Crippen LogP contribution in [-0.2, 0) is 19.2 Å². The molecule has 2 amide bonds. The molecule has 32 heavy (non-hydrogen) atoms. The number of carbonyl (C=O) groups is 3. The molecule has 2 rings (SSSR count). The Balaban J connectivity index is 1.59. The molecule has 0 saturated carbocycles. The molecule has 2 aliphatic rings. The summed E-state index contributed by atoms with van der Waals surface area (Å²) in [7, 11) is 0. The first-order valence-corrected chi connectivity index (χ1v) is 11.0. The third kappa shape index (κ3) is 9.52. The number of hydrogen-bond acceptors (Lipinski definition) is 9. The van der Waals surface area contributed by atoms with Crippen molar-refractivity contribution in [1.29, 1.82) is 0 Å². The highest BCUT2D eigenvalue weighted by molar-refractivity contribution is 5.93. The molecule has 0 aromatic heterocycles. The molecule has 0 radical (unpaired) electrons. The van der Waals surface area contributed by atoms with Gasteiger partial charge in [-0.1, -0.05) is 24.6 Å². The number of aliphatic carboxylic acids is 1. The van der Waals surface area contributed by atoms with E-state index < -0.39 is 30.1 Å². The molecule has 0 aliphatic carbocycles. The molecule has 0 bridgehead atoms. The van der Waals surface area contributed by atoms with Gasteiger partial charge in [0, 0.05) is 19.5 Å². The van der Waals surface area contributed by atoms with E-state index in [1.54, 1.807) is 0 Å². The second-order valence-electron chi connectivity index (χ2n) is 7.55. The van der Waals surface area contributed by atoms with Crippen LogP contribution in [0.1, 0.15) is 45.4 Å². The lowest BCUT2D eigenvalue weighted by Crippen LogP contribution is -2.53. The largest absolute Gasteiger partial charge is 0.480 e. The SMILES string of the molecule is CCCCOC(=O)NC(CNC(=O)C1CC(CCCCNC2NC=CCN2)=NO1)C(=O)O. The van der Waals surface area contributed by atoms with Crippen LogP contribution in [-0.4, -0.2) is 73.5 Å². The number of oxime groups is 1. The minimum absolute atomic E-state index is 0.0718. The van der Waals surface area contributed by atoms with Crippen molar-refractivity contribution in [3.05, 3.63) is 12.3 Å². The van der Waals surface area contributed by atoms with Gasteiger partial charge in [0.25, 0.3) is 5.91 Å². The number of carboxylic acids is 1. The fraction of sp³-hybridized carbons (Fsp3) is 0.700. The Morgan fingerprint density at radius 3 is 2.91 bits per heavy atom. The van der Waals surface area contributed by atoms with Gasteiger partial charge in [-0.15, -0.1) is 0 Å². The fourth-order valence-electron chi connectivity index (χ4n) is 3.02. The maximum absolute atomic E-state index is 12.3. The topological polar surface area (TPSA) is 162 Å². The molecule has 12 nitrogen and oxygen atoms in total. The maximum Gasteiger partial charge on any atom is 0.407 e. The molecule has 0 aromatic carbocycles. The second-order valence-corrected chi connectivity index (χ2v) is 7.55. The van der Waals surface area contributed by atoms with Crippen LogP contribution in [0.2, 0.25) is 0 Å². The van der Waals surface area contributed by atoms with Gasteiger partial charge in [-0.25, -0.2) is 9.59 Å². The minimum Gasteiger partial charge on any atom is -0.480 e. The Bertz CT molecular complexity index is 685. The number of amides is 2. The van der Waals surface area contributed by atoms with Crippen molar-refractivity contribution in [2.75, 3.05) is 26.2 Å². The van der Waals surface area contributed by atoms with Crippen molar-refractivity contribution in [1.82, 2.24) is 26.6 Å². The van der Waals surface area contributed by atoms with E-state index in [0.717, 1.165) is 44.5 Å². The van der Waals surface area contributed by atoms with Gasteiger partial charge in [-0.3, -0.25) is 15.4 Å². The lowest BCUT2D eigenvalue weighted by molar-refractivity contribution is -0.139. The van der Waals surface area contributed by atoms with Crippen molar-refractivity contribution in [3.8, 4) is 0 Å². The molecule has 0 spiro atoms. The molecule has 2 aliphatic heterocycles. The van der Waals surface area contributed by atoms with Gasteiger partial charge in [0.1, 0.15) is 12.3 Å². The molecule has 180 valence electrons. The monoisotopic (exact) mass is 454 g/mol. The molecule has 12 heteroatoms. The summed E-state index contributed by atoms with van der Waals surface area (Å²) in [6.07, 6.45) is 6.83. The average molecular weight is 455 g/mol. The Labute approximate surface area is 187 Å². The van der Waals surface area contributed by atoms with Gasteiger partial charge in [0.2, 0.25) is 6.10 Å². The number of rotatable bonds is 14. The van der Waals surface area contributed by atoms with E-state index in [0.29, 0.717) is 12.8 Å². The molecule has 3 atom stereocenters. The van der Waals surface area contributed by atoms with Crippen LogP contribution in [0.4, 0.5) is 4.79 Å². The Hall–Kier alpha value is -2.86. The van der Waals surface area contributed by atoms with Gasteiger partial charge >= 0.3 is 12.1 Å². The third-order valence-electron chi connectivity index (χ3n) is 4.89. The summed E-state index contributed by atoms with van der Waals surface area (Å²) in [5.41, 5.74) is 0.800. The molecule has 0 aromatic rings. The first-order chi connectivity index (χ1) is 15.5. The van der Waals surface area contributed by atoms with Crippen LogP contribution in [0.3, 0.4) is 0 Å². The number of ether oxygens (including phenoxy) is 1. The van der Waals surface area contributed by atoms with Crippen molar-refractivity contribution < 1.29 is 29.1 Å². The van der Waals surface area contributed by atoms with Crippen molar-refractivity contribution in [2.24, 2.45) is 5.16 Å². The number of nitrogens with zero attached hydrogens (tertiary/aromatic N) is 1. The summed E-state index contributed by atoms with van der Waals surface area (Å²) in [4.78, 5) is 40.5. The molecule has 6 N–H and O–H groups in total. The molecule has 2 heterocycles. The van der Waals surface area contributed by atoms with Crippen LogP contribution in [0.15, 0.2) is 17.4 Å². The first-order valence-electron chi connectivity index (χ1n) is 11.0. The van der Waals surface area contributed by atoms with Crippen LogP contribution in [0, 0.1) is 0 Å². The van der Waals surface area contributed by atoms with E-state index in [4.69, 9.17) is 9.57 Å². The highest BCUT2D eigenvalue weighted by Gasteiger charge is 2.29. The smallest absolute Gasteiger partial charge is 0.407 e. The molecular formula is C20H34N6O6. The van der Waals surface area contributed by atoms with Crippen molar-refractivity contribution in [2.45, 2.75) is 63.9 Å². The van der Waals surface area contributed by atoms with Crippen LogP contribution in [0.25, 0.3) is 0 Å². The zero-order valence-corrected chi connectivity index (χ0v) is 18.4. The quantitative estimate of drug-likeness (QED) is 0.198. The Kier molecular flexibility index (Phi) is 11.3. The summed E-state index contributed by atoms with van der Waals surface area (Å²) in [6.45, 7) is 3.53. The van der Waals surface area contributed by atoms with Crippen molar-refractivity contribution >= 4 is 23.7 Å². The number of alkyl carbamates (subject to hydrolysis) is 1. The summed E-state index contributed by atoms with van der Waals surface area (Å²) >= 11 is 0. The Morgan fingerprint density at radius 1 is 1.34 bits per heavy atom. The van der Waals surface area contributed by atoms with E-state index in [-0.39, 0.29) is 19.4 Å². The number of nitrogens with one attached hydrogen (secondary N) is 5. The summed E-state index contributed by atoms with van der Waals surface area (Å²) in [6, 6.07) is -1.30. The van der Waals surface area contributed by atoms with Gasteiger partial charge in [0.15, 0.2) is 0 Å². The van der Waals surface area contributed by atoms with E-state index in [1.807, 2.05) is 19.2 Å². The van der Waals surface area contributed by atoms with E-state index in [2.05, 4.69) is 31.7 Å². The maximum atomic E-state index is 12.3. The number of unbranched alkanes of at least 4 members (excludes halogenated alkanes) is 2. The summed E-state index contributed by atoms with van der Waals surface area (Å²) in [5.74, 6) is -1.74. The second kappa shape index (κ2) is 14.2. The molecule has 3 unspecified atom stereocenters. The van der Waals surface area contributed by atoms with Crippen LogP contribution >= 0.6 is 0 Å². The van der Waals surface area contributed by atoms with Gasteiger partial charge in [-0.05, 0) is 38.4 Å². The lowest BCUT2D eigenvalue weighted by atomic mass is 10.1. The van der Waals surface area contributed by atoms with Crippen LogP contribution in [0.5, 0.6) is 0 Å². The third-order valence-corrected chi connectivity index (χ3v) is 4.89. The highest BCUT2D eigenvalue weighted by atomic mass is 16.6. The minimum atomic E-state index is -1.30. The predicted octanol–water partition coefficient (Wildman–Crippen LogP) is -0.0230. The van der Waals surface area contributed by atoms with Gasteiger partial charge in [0.05, 0.1) is 12.3 Å². The van der Waals surface area contributed by atoms with Crippen LogP contribution < -0.4 is 26.6 Å². The number of hydrogen-bond donors (Lipinski definition) is 6. The Morgan fingerprint density at radius 2 is 2.19 bits per heavy atom. The lowest BCUT2D eigenvalue weighted by Gasteiger charge is -2.22. The highest BCUT2D eigenvalue weighted by Crippen LogP contribution is 2.15. The van der Waals surface area contributed by atoms with E-state index in [9.17, 15) is 19.5 Å². The normalized spacial score (nSPS) is 20.5. The van der Waals surface area contributed by atoms with Gasteiger partial charge < -0.3 is 30.6 Å². The molecule has 0 fully saturated rings. The zero-order valence-electron chi connectivity index (χ0n) is 18.4. The number of carboxylic acid groups (broad SMARTS) is 1. The van der Waals surface area contributed by atoms with Crippen molar-refractivity contribution in [3.63, 3.8) is 0 Å².